The molecule has 5 heteroatoms. The second-order valence-corrected chi connectivity index (χ2v) is 7.67. The van der Waals surface area contributed by atoms with Gasteiger partial charge in [0.15, 0.2) is 5.11 Å². The zero-order chi connectivity index (χ0) is 19.3. The molecular weight excluding hydrogens is 366 g/mol. The van der Waals surface area contributed by atoms with Crippen molar-refractivity contribution in [3.8, 4) is 5.75 Å². The minimum absolute atomic E-state index is 0.480. The second kappa shape index (κ2) is 8.65. The molecule has 1 aliphatic rings. The Morgan fingerprint density at radius 2 is 1.89 bits per heavy atom. The van der Waals surface area contributed by atoms with Crippen molar-refractivity contribution in [3.63, 3.8) is 0 Å². The van der Waals surface area contributed by atoms with Gasteiger partial charge in [0.1, 0.15) is 5.75 Å². The lowest BCUT2D eigenvalue weighted by Crippen LogP contribution is -2.41. The molecule has 3 aromatic rings. The molecule has 0 amide bonds. The summed E-state index contributed by atoms with van der Waals surface area (Å²) in [6.45, 7) is 3.43. The van der Waals surface area contributed by atoms with Gasteiger partial charge in [0.05, 0.1) is 12.3 Å². The highest BCUT2D eigenvalue weighted by Gasteiger charge is 2.26. The van der Waals surface area contributed by atoms with E-state index in [1.165, 1.54) is 42.1 Å². The van der Waals surface area contributed by atoms with Crippen LogP contribution in [0.25, 0.3) is 10.9 Å². The van der Waals surface area contributed by atoms with Crippen molar-refractivity contribution in [1.82, 2.24) is 9.88 Å². The van der Waals surface area contributed by atoms with Gasteiger partial charge in [-0.1, -0.05) is 43.2 Å². The molecule has 1 heterocycles. The first-order valence-corrected chi connectivity index (χ1v) is 10.5. The maximum atomic E-state index is 5.88. The Morgan fingerprint density at radius 3 is 2.71 bits per heavy atom. The highest BCUT2D eigenvalue weighted by atomic mass is 32.1. The Morgan fingerprint density at radius 1 is 1.14 bits per heavy atom. The number of thiocarbonyl (C=S) groups is 1. The number of benzene rings is 2. The summed E-state index contributed by atoms with van der Waals surface area (Å²) in [5.74, 6) is 0.839. The molecular formula is C23H27N3OS. The van der Waals surface area contributed by atoms with Crippen molar-refractivity contribution in [1.29, 1.82) is 0 Å². The van der Waals surface area contributed by atoms with Crippen LogP contribution in [0.5, 0.6) is 5.75 Å². The van der Waals surface area contributed by atoms with Crippen LogP contribution in [0.1, 0.15) is 38.2 Å². The van der Waals surface area contributed by atoms with E-state index in [4.69, 9.17) is 17.0 Å². The molecule has 1 saturated carbocycles. The first-order chi connectivity index (χ1) is 13.8. The van der Waals surface area contributed by atoms with Gasteiger partial charge in [-0.3, -0.25) is 0 Å². The van der Waals surface area contributed by atoms with Gasteiger partial charge in [0.2, 0.25) is 0 Å². The van der Waals surface area contributed by atoms with Gasteiger partial charge in [-0.15, -0.1) is 0 Å². The maximum absolute atomic E-state index is 5.88. The number of fused-ring (bicyclic) bond motifs is 1. The summed E-state index contributed by atoms with van der Waals surface area (Å²) in [6.07, 6.45) is 7.04. The van der Waals surface area contributed by atoms with E-state index in [1.807, 2.05) is 31.2 Å². The van der Waals surface area contributed by atoms with Crippen LogP contribution in [0.2, 0.25) is 0 Å². The van der Waals surface area contributed by atoms with Crippen molar-refractivity contribution in [2.24, 2.45) is 0 Å². The maximum Gasteiger partial charge on any atom is 0.174 e. The number of ether oxygens (including phenoxy) is 1. The number of rotatable bonds is 6. The van der Waals surface area contributed by atoms with Crippen LogP contribution in [0.3, 0.4) is 0 Å². The Kier molecular flexibility index (Phi) is 5.81. The molecule has 2 N–H and O–H groups in total. The van der Waals surface area contributed by atoms with Crippen LogP contribution in [-0.2, 0) is 6.54 Å². The lowest BCUT2D eigenvalue weighted by Gasteiger charge is -2.32. The summed E-state index contributed by atoms with van der Waals surface area (Å²) in [6, 6.07) is 16.9. The van der Waals surface area contributed by atoms with Gasteiger partial charge < -0.3 is 19.9 Å². The molecule has 28 heavy (non-hydrogen) atoms. The van der Waals surface area contributed by atoms with E-state index in [9.17, 15) is 0 Å². The quantitative estimate of drug-likeness (QED) is 0.526. The molecule has 4 nitrogen and oxygen atoms in total. The standard InChI is InChI=1S/C23H27N3OS/c1-2-27-22-14-8-7-13-21(22)25-23(28)26(18-9-3-4-10-18)16-17-15-24-20-12-6-5-11-19(17)20/h5-8,11-15,18,24H,2-4,9-10,16H2,1H3,(H,25,28). The predicted molar refractivity (Wildman–Crippen MR) is 120 cm³/mol. The fourth-order valence-corrected chi connectivity index (χ4v) is 4.39. The number of anilines is 1. The molecule has 146 valence electrons. The second-order valence-electron chi connectivity index (χ2n) is 7.29. The molecule has 0 saturated heterocycles. The van der Waals surface area contributed by atoms with Gasteiger partial charge >= 0.3 is 0 Å². The van der Waals surface area contributed by atoms with Gasteiger partial charge in [0, 0.05) is 29.7 Å². The van der Waals surface area contributed by atoms with Crippen LogP contribution in [0.4, 0.5) is 5.69 Å². The van der Waals surface area contributed by atoms with E-state index in [0.717, 1.165) is 23.1 Å². The van der Waals surface area contributed by atoms with Crippen molar-refractivity contribution < 1.29 is 4.74 Å². The van der Waals surface area contributed by atoms with Crippen molar-refractivity contribution in [2.75, 3.05) is 11.9 Å². The highest BCUT2D eigenvalue weighted by Crippen LogP contribution is 2.29. The normalized spacial score (nSPS) is 14.3. The minimum Gasteiger partial charge on any atom is -0.492 e. The third-order valence-electron chi connectivity index (χ3n) is 5.47. The van der Waals surface area contributed by atoms with Crippen molar-refractivity contribution in [3.05, 3.63) is 60.3 Å². The number of hydrogen-bond acceptors (Lipinski definition) is 2. The molecule has 2 aromatic carbocycles. The Hall–Kier alpha value is -2.53. The summed E-state index contributed by atoms with van der Waals surface area (Å²) in [4.78, 5) is 5.75. The summed E-state index contributed by atoms with van der Waals surface area (Å²) in [5.41, 5.74) is 3.38. The van der Waals surface area contributed by atoms with Crippen LogP contribution in [0.15, 0.2) is 54.7 Å². The van der Waals surface area contributed by atoms with E-state index in [0.29, 0.717) is 12.6 Å². The molecule has 1 fully saturated rings. The largest absolute Gasteiger partial charge is 0.492 e. The van der Waals surface area contributed by atoms with Crippen molar-refractivity contribution >= 4 is 33.9 Å². The van der Waals surface area contributed by atoms with E-state index < -0.39 is 0 Å². The number of aromatic nitrogens is 1. The number of hydrogen-bond donors (Lipinski definition) is 2. The minimum atomic E-state index is 0.480. The number of aromatic amines is 1. The van der Waals surface area contributed by atoms with Crippen LogP contribution in [-0.4, -0.2) is 27.6 Å². The van der Waals surface area contributed by atoms with E-state index in [2.05, 4.69) is 45.7 Å². The van der Waals surface area contributed by atoms with Crippen LogP contribution in [0, 0.1) is 0 Å². The first kappa shape index (κ1) is 18.8. The fourth-order valence-electron chi connectivity index (χ4n) is 4.07. The molecule has 0 spiro atoms. The Bertz CT molecular complexity index is 946. The van der Waals surface area contributed by atoms with Gasteiger partial charge in [-0.05, 0) is 55.7 Å². The average molecular weight is 394 g/mol. The Balaban J connectivity index is 1.58. The lowest BCUT2D eigenvalue weighted by molar-refractivity contribution is 0.312. The first-order valence-electron chi connectivity index (χ1n) is 10.1. The molecule has 4 rings (SSSR count). The lowest BCUT2D eigenvalue weighted by atomic mass is 10.1. The van der Waals surface area contributed by atoms with Crippen LogP contribution < -0.4 is 10.1 Å². The van der Waals surface area contributed by atoms with E-state index in [1.54, 1.807) is 0 Å². The topological polar surface area (TPSA) is 40.3 Å². The van der Waals surface area contributed by atoms with Crippen molar-refractivity contribution in [2.45, 2.75) is 45.2 Å². The summed E-state index contributed by atoms with van der Waals surface area (Å²) >= 11 is 5.88. The van der Waals surface area contributed by atoms with E-state index >= 15 is 0 Å². The smallest absolute Gasteiger partial charge is 0.174 e. The zero-order valence-corrected chi connectivity index (χ0v) is 17.1. The van der Waals surface area contributed by atoms with Gasteiger partial charge in [-0.25, -0.2) is 0 Å². The molecule has 1 aromatic heterocycles. The fraction of sp³-hybridized carbons (Fsp3) is 0.348. The number of nitrogens with one attached hydrogen (secondary N) is 2. The summed E-state index contributed by atoms with van der Waals surface area (Å²) < 4.78 is 5.76. The summed E-state index contributed by atoms with van der Waals surface area (Å²) in [5, 5.41) is 5.49. The third kappa shape index (κ3) is 3.99. The predicted octanol–water partition coefficient (Wildman–Crippen LogP) is 5.71. The molecule has 0 radical (unpaired) electrons. The SMILES string of the molecule is CCOc1ccccc1NC(=S)N(Cc1c[nH]c2ccccc12)C1CCCC1. The number of para-hydroxylation sites is 3. The zero-order valence-electron chi connectivity index (χ0n) is 16.3. The molecule has 0 unspecified atom stereocenters. The van der Waals surface area contributed by atoms with Gasteiger partial charge in [-0.2, -0.15) is 0 Å². The van der Waals surface area contributed by atoms with E-state index in [-0.39, 0.29) is 0 Å². The van der Waals surface area contributed by atoms with Gasteiger partial charge in [0.25, 0.3) is 0 Å². The number of H-pyrrole nitrogens is 1. The highest BCUT2D eigenvalue weighted by molar-refractivity contribution is 7.80. The molecule has 0 atom stereocenters. The number of nitrogens with zero attached hydrogens (tertiary/aromatic N) is 1. The average Bonchev–Trinajstić information content (AvgIpc) is 3.38. The summed E-state index contributed by atoms with van der Waals surface area (Å²) in [7, 11) is 0. The molecule has 1 aliphatic carbocycles. The monoisotopic (exact) mass is 393 g/mol. The Labute approximate surface area is 171 Å². The van der Waals surface area contributed by atoms with Crippen LogP contribution >= 0.6 is 12.2 Å². The third-order valence-corrected chi connectivity index (χ3v) is 5.81. The molecule has 0 bridgehead atoms. The molecule has 0 aliphatic heterocycles.